The Hall–Kier alpha value is -2.94. The minimum Gasteiger partial charge on any atom is -0.324 e. The van der Waals surface area contributed by atoms with E-state index in [1.54, 1.807) is 25.1 Å². The summed E-state index contributed by atoms with van der Waals surface area (Å²) >= 11 is 0. The van der Waals surface area contributed by atoms with Crippen LogP contribution in [0.5, 0.6) is 0 Å². The van der Waals surface area contributed by atoms with Crippen molar-refractivity contribution < 1.29 is 18.1 Å². The molecule has 1 atom stereocenters. The molecule has 1 N–H and O–H groups in total. The number of rotatable bonds is 7. The van der Waals surface area contributed by atoms with Crippen molar-refractivity contribution >= 4 is 33.0 Å². The highest BCUT2D eigenvalue weighted by atomic mass is 32.2. The van der Waals surface area contributed by atoms with Crippen LogP contribution in [-0.2, 0) is 14.8 Å². The molecule has 0 saturated heterocycles. The fourth-order valence-electron chi connectivity index (χ4n) is 3.31. The lowest BCUT2D eigenvalue weighted by molar-refractivity contribution is -0.385. The molecule has 0 unspecified atom stereocenters. The van der Waals surface area contributed by atoms with Crippen molar-refractivity contribution in [2.45, 2.75) is 40.2 Å². The zero-order valence-corrected chi connectivity index (χ0v) is 17.9. The van der Waals surface area contributed by atoms with Gasteiger partial charge in [-0.3, -0.25) is 19.2 Å². The molecular weight excluding hydrogens is 394 g/mol. The molecule has 0 aliphatic heterocycles. The number of anilines is 2. The third kappa shape index (κ3) is 5.11. The fourth-order valence-corrected chi connectivity index (χ4v) is 4.51. The van der Waals surface area contributed by atoms with Crippen LogP contribution in [0, 0.1) is 30.9 Å². The van der Waals surface area contributed by atoms with Gasteiger partial charge >= 0.3 is 0 Å². The molecule has 0 radical (unpaired) electrons. The predicted octanol–water partition coefficient (Wildman–Crippen LogP) is 3.70. The van der Waals surface area contributed by atoms with Gasteiger partial charge in [0.1, 0.15) is 6.04 Å². The van der Waals surface area contributed by atoms with Gasteiger partial charge in [-0.15, -0.1) is 0 Å². The zero-order valence-electron chi connectivity index (χ0n) is 17.1. The SMILES string of the molecule is CC[C@H](C(=O)Nc1cccc([N+](=O)[O-])c1C)N(c1cc(C)cc(C)c1)S(C)(=O)=O. The number of amides is 1. The summed E-state index contributed by atoms with van der Waals surface area (Å²) in [5.74, 6) is -0.555. The third-order valence-corrected chi connectivity index (χ3v) is 5.73. The zero-order chi connectivity index (χ0) is 21.9. The summed E-state index contributed by atoms with van der Waals surface area (Å²) in [6, 6.07) is 8.70. The van der Waals surface area contributed by atoms with Gasteiger partial charge in [0.25, 0.3) is 5.69 Å². The van der Waals surface area contributed by atoms with E-state index in [4.69, 9.17) is 0 Å². The van der Waals surface area contributed by atoms with Gasteiger partial charge in [-0.25, -0.2) is 8.42 Å². The maximum atomic E-state index is 13.0. The summed E-state index contributed by atoms with van der Waals surface area (Å²) in [5, 5.41) is 13.8. The van der Waals surface area contributed by atoms with Gasteiger partial charge in [-0.2, -0.15) is 0 Å². The minimum absolute atomic E-state index is 0.120. The maximum absolute atomic E-state index is 13.0. The number of nitrogens with zero attached hydrogens (tertiary/aromatic N) is 2. The first-order valence-corrected chi connectivity index (χ1v) is 10.9. The Labute approximate surface area is 170 Å². The number of aryl methyl sites for hydroxylation is 2. The third-order valence-electron chi connectivity index (χ3n) is 4.55. The monoisotopic (exact) mass is 419 g/mol. The molecule has 29 heavy (non-hydrogen) atoms. The summed E-state index contributed by atoms with van der Waals surface area (Å²) in [5.41, 5.74) is 2.61. The summed E-state index contributed by atoms with van der Waals surface area (Å²) in [4.78, 5) is 23.6. The first-order chi connectivity index (χ1) is 13.5. The van der Waals surface area contributed by atoms with Crippen molar-refractivity contribution in [3.8, 4) is 0 Å². The van der Waals surface area contributed by atoms with Crippen molar-refractivity contribution in [1.29, 1.82) is 0 Å². The number of benzene rings is 2. The summed E-state index contributed by atoms with van der Waals surface area (Å²) in [6.45, 7) is 6.95. The Bertz CT molecular complexity index is 1030. The van der Waals surface area contributed by atoms with Crippen LogP contribution in [0.15, 0.2) is 36.4 Å². The normalized spacial score (nSPS) is 12.3. The van der Waals surface area contributed by atoms with Crippen molar-refractivity contribution in [3.05, 3.63) is 63.2 Å². The minimum atomic E-state index is -3.77. The number of nitro groups is 1. The average molecular weight is 420 g/mol. The number of nitro benzene ring substituents is 1. The number of carbonyl (C=O) groups is 1. The Morgan fingerprint density at radius 3 is 2.24 bits per heavy atom. The Morgan fingerprint density at radius 1 is 1.17 bits per heavy atom. The highest BCUT2D eigenvalue weighted by Crippen LogP contribution is 2.28. The van der Waals surface area contributed by atoms with Crippen molar-refractivity contribution in [2.24, 2.45) is 0 Å². The molecule has 0 fully saturated rings. The fraction of sp³-hybridized carbons (Fsp3) is 0.350. The van der Waals surface area contributed by atoms with E-state index >= 15 is 0 Å². The molecule has 2 aromatic carbocycles. The van der Waals surface area contributed by atoms with Crippen LogP contribution in [0.1, 0.15) is 30.0 Å². The quantitative estimate of drug-likeness (QED) is 0.543. The summed E-state index contributed by atoms with van der Waals surface area (Å²) < 4.78 is 26.3. The molecule has 8 nitrogen and oxygen atoms in total. The molecule has 1 amide bonds. The lowest BCUT2D eigenvalue weighted by Gasteiger charge is -2.30. The van der Waals surface area contributed by atoms with Gasteiger partial charge in [0.2, 0.25) is 15.9 Å². The van der Waals surface area contributed by atoms with E-state index in [0.717, 1.165) is 21.7 Å². The molecule has 156 valence electrons. The molecule has 0 bridgehead atoms. The van der Waals surface area contributed by atoms with Crippen LogP contribution < -0.4 is 9.62 Å². The molecule has 0 spiro atoms. The smallest absolute Gasteiger partial charge is 0.274 e. The molecule has 0 aliphatic carbocycles. The lowest BCUT2D eigenvalue weighted by atomic mass is 10.1. The Kier molecular flexibility index (Phi) is 6.63. The Balaban J connectivity index is 2.47. The predicted molar refractivity (Wildman–Crippen MR) is 114 cm³/mol. The van der Waals surface area contributed by atoms with Crippen LogP contribution in [0.4, 0.5) is 17.1 Å². The van der Waals surface area contributed by atoms with E-state index in [1.165, 1.54) is 19.1 Å². The largest absolute Gasteiger partial charge is 0.324 e. The van der Waals surface area contributed by atoms with Gasteiger partial charge in [0.05, 0.1) is 28.1 Å². The van der Waals surface area contributed by atoms with Crippen LogP contribution in [0.25, 0.3) is 0 Å². The molecule has 9 heteroatoms. The molecule has 0 aromatic heterocycles. The van der Waals surface area contributed by atoms with Crippen molar-refractivity contribution in [2.75, 3.05) is 15.9 Å². The standard InChI is InChI=1S/C20H25N3O5S/c1-6-18(20(24)21-17-8-7-9-19(15(17)4)23(25)26)22(29(5,27)28)16-11-13(2)10-14(3)12-16/h7-12,18H,6H2,1-5H3,(H,21,24)/t18-/m1/s1. The van der Waals surface area contributed by atoms with Crippen LogP contribution in [0.2, 0.25) is 0 Å². The van der Waals surface area contributed by atoms with E-state index in [0.29, 0.717) is 11.3 Å². The topological polar surface area (TPSA) is 110 Å². The second kappa shape index (κ2) is 8.60. The van der Waals surface area contributed by atoms with Gasteiger partial charge in [0, 0.05) is 6.07 Å². The van der Waals surface area contributed by atoms with E-state index in [-0.39, 0.29) is 17.8 Å². The summed E-state index contributed by atoms with van der Waals surface area (Å²) in [7, 11) is -3.77. The van der Waals surface area contributed by atoms with Crippen LogP contribution in [0.3, 0.4) is 0 Å². The van der Waals surface area contributed by atoms with Gasteiger partial charge in [-0.1, -0.05) is 19.1 Å². The molecule has 0 heterocycles. The second-order valence-electron chi connectivity index (χ2n) is 7.02. The van der Waals surface area contributed by atoms with Crippen LogP contribution >= 0.6 is 0 Å². The van der Waals surface area contributed by atoms with Gasteiger partial charge in [-0.05, 0) is 56.5 Å². The first-order valence-electron chi connectivity index (χ1n) is 9.08. The van der Waals surface area contributed by atoms with Gasteiger partial charge < -0.3 is 5.32 Å². The van der Waals surface area contributed by atoms with E-state index in [1.807, 2.05) is 19.9 Å². The average Bonchev–Trinajstić information content (AvgIpc) is 2.58. The molecule has 2 aromatic rings. The van der Waals surface area contributed by atoms with Gasteiger partial charge in [0.15, 0.2) is 0 Å². The van der Waals surface area contributed by atoms with E-state index < -0.39 is 26.9 Å². The maximum Gasteiger partial charge on any atom is 0.274 e. The van der Waals surface area contributed by atoms with Crippen LogP contribution in [-0.4, -0.2) is 31.5 Å². The number of hydrogen-bond donors (Lipinski definition) is 1. The molecule has 0 saturated carbocycles. The van der Waals surface area contributed by atoms with Crippen molar-refractivity contribution in [1.82, 2.24) is 0 Å². The summed E-state index contributed by atoms with van der Waals surface area (Å²) in [6.07, 6.45) is 1.28. The van der Waals surface area contributed by atoms with E-state index in [2.05, 4.69) is 5.32 Å². The van der Waals surface area contributed by atoms with Crippen molar-refractivity contribution in [3.63, 3.8) is 0 Å². The highest BCUT2D eigenvalue weighted by Gasteiger charge is 2.32. The number of carbonyl (C=O) groups excluding carboxylic acids is 1. The number of sulfonamides is 1. The Morgan fingerprint density at radius 2 is 1.76 bits per heavy atom. The number of hydrogen-bond acceptors (Lipinski definition) is 5. The second-order valence-corrected chi connectivity index (χ2v) is 8.88. The number of nitrogens with one attached hydrogen (secondary N) is 1. The molecule has 2 rings (SSSR count). The first kappa shape index (κ1) is 22.4. The lowest BCUT2D eigenvalue weighted by Crippen LogP contribution is -2.47. The highest BCUT2D eigenvalue weighted by molar-refractivity contribution is 7.92. The molecular formula is C20H25N3O5S. The van der Waals surface area contributed by atoms with E-state index in [9.17, 15) is 23.3 Å². The molecule has 0 aliphatic rings.